The first-order valence-corrected chi connectivity index (χ1v) is 10.6. The molecule has 0 N–H and O–H groups in total. The van der Waals surface area contributed by atoms with E-state index < -0.39 is 0 Å². The van der Waals surface area contributed by atoms with Gasteiger partial charge in [0.1, 0.15) is 5.75 Å². The molecule has 0 atom stereocenters. The molecule has 1 saturated heterocycles. The Labute approximate surface area is 182 Å². The van der Waals surface area contributed by atoms with Gasteiger partial charge in [0.2, 0.25) is 0 Å². The maximum absolute atomic E-state index is 13.8. The zero-order valence-corrected chi connectivity index (χ0v) is 17.6. The zero-order valence-electron chi connectivity index (χ0n) is 17.6. The van der Waals surface area contributed by atoms with Crippen LogP contribution in [0.1, 0.15) is 11.1 Å². The van der Waals surface area contributed by atoms with Crippen molar-refractivity contribution in [2.75, 3.05) is 43.1 Å². The number of methoxy groups -OCH3 is 1. The number of ether oxygens (including phenoxy) is 1. The molecule has 5 nitrogen and oxygen atoms in total. The molecular weight excluding hydrogens is 386 g/mol. The third-order valence-electron chi connectivity index (χ3n) is 5.96. The smallest absolute Gasteiger partial charge is 0.329 e. The number of benzene rings is 3. The summed E-state index contributed by atoms with van der Waals surface area (Å²) in [7, 11) is 1.68. The van der Waals surface area contributed by atoms with E-state index in [2.05, 4.69) is 35.3 Å². The van der Waals surface area contributed by atoms with Crippen molar-refractivity contribution in [2.24, 2.45) is 0 Å². The lowest BCUT2D eigenvalue weighted by atomic mass is 10.1. The first kappa shape index (κ1) is 19.2. The average molecular weight is 412 g/mol. The van der Waals surface area contributed by atoms with Gasteiger partial charge in [-0.2, -0.15) is 0 Å². The van der Waals surface area contributed by atoms with Crippen LogP contribution in [0, 0.1) is 0 Å². The average Bonchev–Trinajstić information content (AvgIpc) is 3.01. The lowest BCUT2D eigenvalue weighted by molar-refractivity contribution is 0.203. The van der Waals surface area contributed by atoms with E-state index in [4.69, 9.17) is 4.74 Å². The number of nitrogens with zero attached hydrogens (tertiary/aromatic N) is 3. The fraction of sp³-hybridized carbons (Fsp3) is 0.192. The van der Waals surface area contributed by atoms with E-state index >= 15 is 0 Å². The summed E-state index contributed by atoms with van der Waals surface area (Å²) in [6.07, 6.45) is 4.17. The van der Waals surface area contributed by atoms with Crippen LogP contribution in [-0.2, 0) is 0 Å². The monoisotopic (exact) mass is 411 g/mol. The van der Waals surface area contributed by atoms with E-state index in [1.54, 1.807) is 7.11 Å². The van der Waals surface area contributed by atoms with E-state index in [0.717, 1.165) is 47.0 Å². The minimum atomic E-state index is 0.0221. The quantitative estimate of drug-likeness (QED) is 0.577. The van der Waals surface area contributed by atoms with Crippen LogP contribution in [0.3, 0.4) is 0 Å². The molecule has 3 aromatic rings. The maximum Gasteiger partial charge on any atom is 0.329 e. The Balaban J connectivity index is 1.40. The highest BCUT2D eigenvalue weighted by molar-refractivity contribution is 6.05. The Morgan fingerprint density at radius 3 is 2.00 bits per heavy atom. The first-order chi connectivity index (χ1) is 15.2. The largest absolute Gasteiger partial charge is 0.497 e. The molecule has 0 unspecified atom stereocenters. The molecule has 1 fully saturated rings. The Morgan fingerprint density at radius 1 is 0.774 bits per heavy atom. The normalized spacial score (nSPS) is 15.2. The third-order valence-corrected chi connectivity index (χ3v) is 5.96. The Morgan fingerprint density at radius 2 is 1.39 bits per heavy atom. The van der Waals surface area contributed by atoms with Crippen molar-refractivity contribution in [3.8, 4) is 5.75 Å². The molecule has 2 aliphatic heterocycles. The van der Waals surface area contributed by atoms with Crippen LogP contribution in [0.2, 0.25) is 0 Å². The fourth-order valence-corrected chi connectivity index (χ4v) is 4.28. The predicted molar refractivity (Wildman–Crippen MR) is 126 cm³/mol. The van der Waals surface area contributed by atoms with Crippen molar-refractivity contribution >= 4 is 35.2 Å². The molecule has 5 heteroatoms. The van der Waals surface area contributed by atoms with E-state index in [0.29, 0.717) is 13.1 Å². The number of hydrogen-bond donors (Lipinski definition) is 0. The van der Waals surface area contributed by atoms with Gasteiger partial charge in [-0.25, -0.2) is 4.79 Å². The predicted octanol–water partition coefficient (Wildman–Crippen LogP) is 5.26. The van der Waals surface area contributed by atoms with Crippen LogP contribution < -0.4 is 14.5 Å². The standard InChI is InChI=1S/C26H25N3O2/c1-31-23-10-6-9-22(19-23)27-15-17-28(18-16-27)26(30)29-24-11-4-2-7-20(24)13-14-21-8-3-5-12-25(21)29/h2-14,19H,15-18H2,1H3. The number of fused-ring (bicyclic) bond motifs is 2. The lowest BCUT2D eigenvalue weighted by Crippen LogP contribution is -2.52. The molecule has 0 bridgehead atoms. The lowest BCUT2D eigenvalue weighted by Gasteiger charge is -2.39. The SMILES string of the molecule is COc1cccc(N2CCN(C(=O)N3c4ccccc4C=Cc4ccccc43)CC2)c1. The number of hydrogen-bond acceptors (Lipinski definition) is 3. The van der Waals surface area contributed by atoms with Gasteiger partial charge in [-0.05, 0) is 35.4 Å². The summed E-state index contributed by atoms with van der Waals surface area (Å²) in [5, 5.41) is 0. The van der Waals surface area contributed by atoms with Gasteiger partial charge in [-0.15, -0.1) is 0 Å². The maximum atomic E-state index is 13.8. The molecule has 2 aliphatic rings. The molecular formula is C26H25N3O2. The Bertz CT molecular complexity index is 1080. The fourth-order valence-electron chi connectivity index (χ4n) is 4.28. The number of amides is 2. The second kappa shape index (κ2) is 8.19. The summed E-state index contributed by atoms with van der Waals surface area (Å²) in [6.45, 7) is 2.91. The molecule has 156 valence electrons. The summed E-state index contributed by atoms with van der Waals surface area (Å²) in [4.78, 5) is 19.9. The summed E-state index contributed by atoms with van der Waals surface area (Å²) in [5.41, 5.74) is 5.05. The number of carbonyl (C=O) groups excluding carboxylic acids is 1. The van der Waals surface area contributed by atoms with Gasteiger partial charge in [0.25, 0.3) is 0 Å². The van der Waals surface area contributed by atoms with Gasteiger partial charge in [0, 0.05) is 37.9 Å². The van der Waals surface area contributed by atoms with Crippen LogP contribution in [-0.4, -0.2) is 44.2 Å². The molecule has 0 radical (unpaired) electrons. The Hall–Kier alpha value is -3.73. The summed E-state index contributed by atoms with van der Waals surface area (Å²) >= 11 is 0. The molecule has 2 amide bonds. The van der Waals surface area contributed by atoms with Crippen LogP contribution >= 0.6 is 0 Å². The van der Waals surface area contributed by atoms with Crippen molar-refractivity contribution in [1.29, 1.82) is 0 Å². The summed E-state index contributed by atoms with van der Waals surface area (Å²) < 4.78 is 5.36. The van der Waals surface area contributed by atoms with E-state index in [1.807, 2.05) is 64.4 Å². The van der Waals surface area contributed by atoms with Gasteiger partial charge in [-0.1, -0.05) is 54.6 Å². The molecule has 0 spiro atoms. The number of urea groups is 1. The van der Waals surface area contributed by atoms with Gasteiger partial charge in [-0.3, -0.25) is 4.90 Å². The van der Waals surface area contributed by atoms with Crippen molar-refractivity contribution < 1.29 is 9.53 Å². The minimum Gasteiger partial charge on any atom is -0.497 e. The van der Waals surface area contributed by atoms with Gasteiger partial charge < -0.3 is 14.5 Å². The van der Waals surface area contributed by atoms with Crippen LogP contribution in [0.4, 0.5) is 21.9 Å². The highest BCUT2D eigenvalue weighted by Gasteiger charge is 2.30. The summed E-state index contributed by atoms with van der Waals surface area (Å²) in [5.74, 6) is 0.848. The van der Waals surface area contributed by atoms with Gasteiger partial charge >= 0.3 is 6.03 Å². The number of piperazine rings is 1. The van der Waals surface area contributed by atoms with E-state index in [-0.39, 0.29) is 6.03 Å². The van der Waals surface area contributed by atoms with Crippen LogP contribution in [0.25, 0.3) is 12.2 Å². The second-order valence-corrected chi connectivity index (χ2v) is 7.74. The van der Waals surface area contributed by atoms with Crippen LogP contribution in [0.15, 0.2) is 72.8 Å². The van der Waals surface area contributed by atoms with Crippen molar-refractivity contribution in [2.45, 2.75) is 0 Å². The summed E-state index contributed by atoms with van der Waals surface area (Å²) in [6, 6.07) is 24.3. The molecule has 0 aliphatic carbocycles. The van der Waals surface area contributed by atoms with Gasteiger partial charge in [0.05, 0.1) is 18.5 Å². The number of anilines is 3. The zero-order chi connectivity index (χ0) is 21.2. The highest BCUT2D eigenvalue weighted by Crippen LogP contribution is 2.37. The molecule has 0 aromatic heterocycles. The van der Waals surface area contributed by atoms with Crippen molar-refractivity contribution in [3.05, 3.63) is 83.9 Å². The van der Waals surface area contributed by atoms with E-state index in [1.165, 1.54) is 0 Å². The highest BCUT2D eigenvalue weighted by atomic mass is 16.5. The number of rotatable bonds is 2. The molecule has 5 rings (SSSR count). The second-order valence-electron chi connectivity index (χ2n) is 7.74. The topological polar surface area (TPSA) is 36.0 Å². The number of para-hydroxylation sites is 2. The number of carbonyl (C=O) groups is 1. The van der Waals surface area contributed by atoms with E-state index in [9.17, 15) is 4.79 Å². The molecule has 31 heavy (non-hydrogen) atoms. The van der Waals surface area contributed by atoms with Gasteiger partial charge in [0.15, 0.2) is 0 Å². The molecule has 2 heterocycles. The van der Waals surface area contributed by atoms with Crippen molar-refractivity contribution in [1.82, 2.24) is 4.90 Å². The minimum absolute atomic E-state index is 0.0221. The molecule has 0 saturated carbocycles. The third kappa shape index (κ3) is 3.63. The Kier molecular flexibility index (Phi) is 5.08. The van der Waals surface area contributed by atoms with Crippen LogP contribution in [0.5, 0.6) is 5.75 Å². The first-order valence-electron chi connectivity index (χ1n) is 10.6. The van der Waals surface area contributed by atoms with Crippen molar-refractivity contribution in [3.63, 3.8) is 0 Å². The molecule has 3 aromatic carbocycles.